The summed E-state index contributed by atoms with van der Waals surface area (Å²) in [7, 11) is -1.99. The zero-order chi connectivity index (χ0) is 15.3. The first-order valence-corrected chi connectivity index (χ1v) is 10.6. The molecule has 0 heterocycles. The smallest absolute Gasteiger partial charge is 0.115 e. The maximum Gasteiger partial charge on any atom is 0.196 e. The summed E-state index contributed by atoms with van der Waals surface area (Å²) in [5.41, 5.74) is 5.06. The Labute approximate surface area is 134 Å². The van der Waals surface area contributed by atoms with E-state index in [0.29, 0.717) is 0 Å². The van der Waals surface area contributed by atoms with E-state index in [1.807, 2.05) is 0 Å². The highest BCUT2D eigenvalue weighted by Crippen LogP contribution is 2.16. The van der Waals surface area contributed by atoms with Crippen LogP contribution in [0, 0.1) is 11.5 Å². The average Bonchev–Trinajstić information content (AvgIpc) is 2.62. The van der Waals surface area contributed by atoms with Gasteiger partial charge in [-0.3, -0.25) is 0 Å². The lowest BCUT2D eigenvalue weighted by Gasteiger charge is -2.22. The Morgan fingerprint density at radius 2 is 1.41 bits per heavy atom. The number of benzene rings is 2. The first-order valence-electron chi connectivity index (χ1n) is 8.12. The molecule has 0 unspecified atom stereocenters. The van der Waals surface area contributed by atoms with Crippen LogP contribution in [-0.2, 0) is 0 Å². The van der Waals surface area contributed by atoms with Crippen molar-refractivity contribution in [1.82, 2.24) is 0 Å². The van der Waals surface area contributed by atoms with Gasteiger partial charge in [-0.15, -0.1) is 5.54 Å². The van der Waals surface area contributed by atoms with Crippen LogP contribution in [-0.4, -0.2) is 8.07 Å². The summed E-state index contributed by atoms with van der Waals surface area (Å²) in [6, 6.07) is 21.6. The minimum Gasteiger partial charge on any atom is -0.115 e. The van der Waals surface area contributed by atoms with Crippen LogP contribution in [0.15, 0.2) is 72.3 Å². The molecule has 0 aliphatic heterocycles. The molecule has 0 spiro atoms. The van der Waals surface area contributed by atoms with Crippen LogP contribution in [0.25, 0.3) is 0 Å². The average molecular weight is 302 g/mol. The highest BCUT2D eigenvalue weighted by Gasteiger charge is 2.30. The van der Waals surface area contributed by atoms with E-state index in [1.165, 1.54) is 35.2 Å². The fourth-order valence-corrected chi connectivity index (χ4v) is 5.76. The van der Waals surface area contributed by atoms with Crippen LogP contribution in [0.2, 0.25) is 6.55 Å². The largest absolute Gasteiger partial charge is 0.196 e. The zero-order valence-corrected chi connectivity index (χ0v) is 14.2. The third-order valence-electron chi connectivity index (χ3n) is 4.47. The van der Waals surface area contributed by atoms with E-state index in [4.69, 9.17) is 0 Å². The van der Waals surface area contributed by atoms with Crippen molar-refractivity contribution in [2.75, 3.05) is 0 Å². The van der Waals surface area contributed by atoms with Gasteiger partial charge in [-0.2, -0.15) is 0 Å². The highest BCUT2D eigenvalue weighted by atomic mass is 28.3. The van der Waals surface area contributed by atoms with E-state index < -0.39 is 8.07 Å². The van der Waals surface area contributed by atoms with Gasteiger partial charge in [0, 0.05) is 0 Å². The lowest BCUT2D eigenvalue weighted by Crippen LogP contribution is -2.54. The predicted molar refractivity (Wildman–Crippen MR) is 98.1 cm³/mol. The fraction of sp³-hybridized carbons (Fsp3) is 0.238. The molecule has 1 aliphatic carbocycles. The molecule has 2 aromatic rings. The maximum atomic E-state index is 3.72. The van der Waals surface area contributed by atoms with Gasteiger partial charge in [-0.25, -0.2) is 0 Å². The van der Waals surface area contributed by atoms with Gasteiger partial charge in [-0.1, -0.05) is 79.2 Å². The third-order valence-corrected chi connectivity index (χ3v) is 8.07. The normalized spacial score (nSPS) is 14.7. The van der Waals surface area contributed by atoms with Crippen molar-refractivity contribution in [1.29, 1.82) is 0 Å². The molecular formula is C21H22Si. The Bertz CT molecular complexity index is 662. The molecule has 3 rings (SSSR count). The molecule has 0 amide bonds. The van der Waals surface area contributed by atoms with Gasteiger partial charge in [0.25, 0.3) is 0 Å². The van der Waals surface area contributed by atoms with Crippen molar-refractivity contribution in [2.24, 2.45) is 0 Å². The van der Waals surface area contributed by atoms with Gasteiger partial charge in [0.05, 0.1) is 0 Å². The quantitative estimate of drug-likeness (QED) is 0.582. The molecule has 1 heteroatoms. The van der Waals surface area contributed by atoms with E-state index in [-0.39, 0.29) is 0 Å². The Hall–Kier alpha value is -2.04. The van der Waals surface area contributed by atoms with Crippen molar-refractivity contribution >= 4 is 18.4 Å². The van der Waals surface area contributed by atoms with Crippen molar-refractivity contribution in [3.8, 4) is 11.5 Å². The number of rotatable bonds is 2. The van der Waals surface area contributed by atoms with Gasteiger partial charge in [0.15, 0.2) is 8.07 Å². The Morgan fingerprint density at radius 3 is 1.91 bits per heavy atom. The highest BCUT2D eigenvalue weighted by molar-refractivity contribution is 7.07. The zero-order valence-electron chi connectivity index (χ0n) is 13.2. The van der Waals surface area contributed by atoms with Gasteiger partial charge >= 0.3 is 0 Å². The molecule has 0 fully saturated rings. The van der Waals surface area contributed by atoms with Crippen molar-refractivity contribution in [3.63, 3.8) is 0 Å². The van der Waals surface area contributed by atoms with Gasteiger partial charge < -0.3 is 0 Å². The predicted octanol–water partition coefficient (Wildman–Crippen LogP) is 3.92. The lowest BCUT2D eigenvalue weighted by molar-refractivity contribution is 0.715. The van der Waals surface area contributed by atoms with E-state index in [1.54, 1.807) is 0 Å². The van der Waals surface area contributed by atoms with Gasteiger partial charge in [0.1, 0.15) is 0 Å². The summed E-state index contributed by atoms with van der Waals surface area (Å²) >= 11 is 0. The molecule has 1 aliphatic rings. The minimum atomic E-state index is -1.99. The standard InChI is InChI=1S/C21H22Si/c1-22(20-13-7-3-8-14-20,21-15-9-4-10-16-21)18-17-19-11-5-2-6-12-19/h3-4,7-11,13-16H,2,5-6,12H2,1H3. The second-order valence-corrected chi connectivity index (χ2v) is 9.74. The van der Waals surface area contributed by atoms with E-state index in [9.17, 15) is 0 Å². The van der Waals surface area contributed by atoms with Crippen LogP contribution >= 0.6 is 0 Å². The molecule has 0 saturated carbocycles. The molecule has 110 valence electrons. The summed E-state index contributed by atoms with van der Waals surface area (Å²) in [5.74, 6) is 3.53. The summed E-state index contributed by atoms with van der Waals surface area (Å²) in [4.78, 5) is 0. The van der Waals surface area contributed by atoms with Crippen LogP contribution in [0.4, 0.5) is 0 Å². The summed E-state index contributed by atoms with van der Waals surface area (Å²) in [6.45, 7) is 2.37. The molecule has 0 atom stereocenters. The fourth-order valence-electron chi connectivity index (χ4n) is 3.01. The summed E-state index contributed by atoms with van der Waals surface area (Å²) < 4.78 is 0. The molecule has 2 aromatic carbocycles. The number of hydrogen-bond donors (Lipinski definition) is 0. The van der Waals surface area contributed by atoms with Crippen LogP contribution < -0.4 is 10.4 Å². The Balaban J connectivity index is 2.04. The Kier molecular flexibility index (Phi) is 4.61. The summed E-state index contributed by atoms with van der Waals surface area (Å²) in [5, 5.41) is 2.79. The lowest BCUT2D eigenvalue weighted by atomic mass is 10.0. The molecule has 0 nitrogen and oxygen atoms in total. The maximum absolute atomic E-state index is 3.72. The number of allylic oxidation sites excluding steroid dienone is 2. The van der Waals surface area contributed by atoms with Gasteiger partial charge in [0.2, 0.25) is 0 Å². The molecule has 0 saturated heterocycles. The molecular weight excluding hydrogens is 280 g/mol. The third kappa shape index (κ3) is 3.23. The topological polar surface area (TPSA) is 0 Å². The van der Waals surface area contributed by atoms with Crippen molar-refractivity contribution < 1.29 is 0 Å². The van der Waals surface area contributed by atoms with Crippen molar-refractivity contribution in [3.05, 3.63) is 72.3 Å². The van der Waals surface area contributed by atoms with Crippen LogP contribution in [0.1, 0.15) is 25.7 Å². The van der Waals surface area contributed by atoms with Crippen LogP contribution in [0.5, 0.6) is 0 Å². The molecule has 0 N–H and O–H groups in total. The first kappa shape index (κ1) is 14.9. The van der Waals surface area contributed by atoms with E-state index in [2.05, 4.69) is 84.8 Å². The van der Waals surface area contributed by atoms with Crippen LogP contribution in [0.3, 0.4) is 0 Å². The van der Waals surface area contributed by atoms with E-state index in [0.717, 1.165) is 6.42 Å². The Morgan fingerprint density at radius 1 is 0.818 bits per heavy atom. The second-order valence-electron chi connectivity index (χ2n) is 6.08. The van der Waals surface area contributed by atoms with E-state index >= 15 is 0 Å². The molecule has 0 bridgehead atoms. The number of hydrogen-bond acceptors (Lipinski definition) is 0. The first-order chi connectivity index (χ1) is 10.8. The van der Waals surface area contributed by atoms with Crippen molar-refractivity contribution in [2.45, 2.75) is 32.2 Å². The summed E-state index contributed by atoms with van der Waals surface area (Å²) in [6.07, 6.45) is 7.29. The molecule has 22 heavy (non-hydrogen) atoms. The SMILES string of the molecule is C[Si](C#CC1=CCCCC1)(c1ccccc1)c1ccccc1. The second kappa shape index (κ2) is 6.81. The molecule has 0 aromatic heterocycles. The monoisotopic (exact) mass is 302 g/mol. The molecule has 0 radical (unpaired) electrons. The minimum absolute atomic E-state index is 1.15. The van der Waals surface area contributed by atoms with Gasteiger partial charge in [-0.05, 0) is 41.6 Å².